The Labute approximate surface area is 112 Å². The summed E-state index contributed by atoms with van der Waals surface area (Å²) in [6.45, 7) is 5.72. The second-order valence-corrected chi connectivity index (χ2v) is 4.74. The molecular formula is C13H20N4O2. The van der Waals surface area contributed by atoms with Gasteiger partial charge in [0.25, 0.3) is 0 Å². The van der Waals surface area contributed by atoms with Crippen molar-refractivity contribution in [2.24, 2.45) is 0 Å². The minimum atomic E-state index is -0.392. The van der Waals surface area contributed by atoms with E-state index < -0.39 is 6.04 Å². The molecule has 6 heteroatoms. The number of nitrogens with zero attached hydrogens (tertiary/aromatic N) is 3. The Balaban J connectivity index is 2.09. The van der Waals surface area contributed by atoms with E-state index in [9.17, 15) is 9.59 Å². The minimum absolute atomic E-state index is 0.00222. The zero-order valence-electron chi connectivity index (χ0n) is 11.4. The lowest BCUT2D eigenvalue weighted by Crippen LogP contribution is -2.43. The van der Waals surface area contributed by atoms with Gasteiger partial charge >= 0.3 is 0 Å². The molecule has 2 rings (SSSR count). The topological polar surface area (TPSA) is 67.2 Å². The van der Waals surface area contributed by atoms with Crippen LogP contribution in [0.15, 0.2) is 12.4 Å². The standard InChI is InChI=1S/C13H20N4O2/c1-3-11-13(19)16(6-5-12(18)15-11)8-10-7-14-17(4-2)9-10/h7,9,11H,3-6,8H2,1-2H3,(H,15,18). The number of nitrogens with one attached hydrogen (secondary N) is 1. The number of hydrogen-bond donors (Lipinski definition) is 1. The summed E-state index contributed by atoms with van der Waals surface area (Å²) in [5.74, 6) is -0.0513. The van der Waals surface area contributed by atoms with Gasteiger partial charge < -0.3 is 10.2 Å². The van der Waals surface area contributed by atoms with E-state index in [1.165, 1.54) is 0 Å². The number of carbonyl (C=O) groups is 2. The maximum atomic E-state index is 12.3. The number of rotatable bonds is 4. The molecule has 2 heterocycles. The van der Waals surface area contributed by atoms with Gasteiger partial charge in [0, 0.05) is 37.8 Å². The third kappa shape index (κ3) is 3.13. The smallest absolute Gasteiger partial charge is 0.245 e. The molecule has 1 aromatic rings. The van der Waals surface area contributed by atoms with Gasteiger partial charge in [0.05, 0.1) is 6.20 Å². The highest BCUT2D eigenvalue weighted by atomic mass is 16.2. The molecule has 1 aliphatic heterocycles. The third-order valence-corrected chi connectivity index (χ3v) is 3.35. The van der Waals surface area contributed by atoms with Gasteiger partial charge in [-0.3, -0.25) is 14.3 Å². The fourth-order valence-corrected chi connectivity index (χ4v) is 2.21. The molecule has 19 heavy (non-hydrogen) atoms. The summed E-state index contributed by atoms with van der Waals surface area (Å²) >= 11 is 0. The minimum Gasteiger partial charge on any atom is -0.344 e. The van der Waals surface area contributed by atoms with Gasteiger partial charge in [-0.1, -0.05) is 6.92 Å². The number of hydrogen-bond acceptors (Lipinski definition) is 3. The molecule has 1 aliphatic rings. The highest BCUT2D eigenvalue weighted by molar-refractivity contribution is 5.89. The van der Waals surface area contributed by atoms with E-state index in [4.69, 9.17) is 0 Å². The summed E-state index contributed by atoms with van der Waals surface area (Å²) in [5, 5.41) is 6.96. The fraction of sp³-hybridized carbons (Fsp3) is 0.615. The average molecular weight is 264 g/mol. The van der Waals surface area contributed by atoms with E-state index in [0.717, 1.165) is 12.1 Å². The molecule has 0 spiro atoms. The first kappa shape index (κ1) is 13.6. The van der Waals surface area contributed by atoms with Crippen LogP contribution in [0.2, 0.25) is 0 Å². The van der Waals surface area contributed by atoms with Crippen molar-refractivity contribution in [3.8, 4) is 0 Å². The molecule has 0 saturated carbocycles. The van der Waals surface area contributed by atoms with Gasteiger partial charge in [0.15, 0.2) is 0 Å². The van der Waals surface area contributed by atoms with Crippen LogP contribution in [-0.2, 0) is 22.7 Å². The van der Waals surface area contributed by atoms with Gasteiger partial charge in [-0.25, -0.2) is 0 Å². The van der Waals surface area contributed by atoms with Crippen molar-refractivity contribution in [2.75, 3.05) is 6.54 Å². The summed E-state index contributed by atoms with van der Waals surface area (Å²) in [6, 6.07) is -0.392. The first-order chi connectivity index (χ1) is 9.13. The highest BCUT2D eigenvalue weighted by Crippen LogP contribution is 2.11. The van der Waals surface area contributed by atoms with Crippen LogP contribution in [0.4, 0.5) is 0 Å². The van der Waals surface area contributed by atoms with Crippen LogP contribution in [-0.4, -0.2) is 39.1 Å². The van der Waals surface area contributed by atoms with Gasteiger partial charge in [-0.2, -0.15) is 5.10 Å². The van der Waals surface area contributed by atoms with Crippen molar-refractivity contribution < 1.29 is 9.59 Å². The average Bonchev–Trinajstić information content (AvgIpc) is 2.82. The third-order valence-electron chi connectivity index (χ3n) is 3.35. The second kappa shape index (κ2) is 5.86. The molecule has 1 N–H and O–H groups in total. The van der Waals surface area contributed by atoms with Crippen molar-refractivity contribution in [3.63, 3.8) is 0 Å². The predicted octanol–water partition coefficient (Wildman–Crippen LogP) is 0.530. The molecule has 0 bridgehead atoms. The van der Waals surface area contributed by atoms with Crippen LogP contribution < -0.4 is 5.32 Å². The maximum absolute atomic E-state index is 12.3. The Hall–Kier alpha value is -1.85. The first-order valence-corrected chi connectivity index (χ1v) is 6.73. The van der Waals surface area contributed by atoms with Crippen LogP contribution in [0, 0.1) is 0 Å². The molecule has 1 saturated heterocycles. The number of aryl methyl sites for hydroxylation is 1. The lowest BCUT2D eigenvalue weighted by Gasteiger charge is -2.22. The lowest BCUT2D eigenvalue weighted by atomic mass is 10.2. The molecule has 1 atom stereocenters. The summed E-state index contributed by atoms with van der Waals surface area (Å²) in [5.41, 5.74) is 0.999. The Morgan fingerprint density at radius 2 is 2.21 bits per heavy atom. The van der Waals surface area contributed by atoms with Crippen LogP contribution in [0.5, 0.6) is 0 Å². The largest absolute Gasteiger partial charge is 0.344 e. The predicted molar refractivity (Wildman–Crippen MR) is 70.2 cm³/mol. The molecule has 6 nitrogen and oxygen atoms in total. The van der Waals surface area contributed by atoms with E-state index in [1.807, 2.05) is 24.7 Å². The van der Waals surface area contributed by atoms with Gasteiger partial charge in [-0.15, -0.1) is 0 Å². The molecule has 1 unspecified atom stereocenters. The molecule has 0 aromatic carbocycles. The van der Waals surface area contributed by atoms with Crippen molar-refractivity contribution in [2.45, 2.75) is 45.8 Å². The number of aromatic nitrogens is 2. The summed E-state index contributed by atoms with van der Waals surface area (Å²) in [7, 11) is 0. The number of carbonyl (C=O) groups excluding carboxylic acids is 2. The van der Waals surface area contributed by atoms with Crippen LogP contribution in [0.1, 0.15) is 32.3 Å². The van der Waals surface area contributed by atoms with Crippen LogP contribution in [0.25, 0.3) is 0 Å². The Kier molecular flexibility index (Phi) is 4.19. The Morgan fingerprint density at radius 1 is 1.42 bits per heavy atom. The van der Waals surface area contributed by atoms with Crippen LogP contribution in [0.3, 0.4) is 0 Å². The molecule has 1 fully saturated rings. The van der Waals surface area contributed by atoms with E-state index in [2.05, 4.69) is 10.4 Å². The number of amides is 2. The quantitative estimate of drug-likeness (QED) is 0.862. The van der Waals surface area contributed by atoms with Crippen molar-refractivity contribution in [1.82, 2.24) is 20.0 Å². The highest BCUT2D eigenvalue weighted by Gasteiger charge is 2.28. The molecule has 0 radical (unpaired) electrons. The van der Waals surface area contributed by atoms with Crippen molar-refractivity contribution in [1.29, 1.82) is 0 Å². The molecular weight excluding hydrogens is 244 g/mol. The van der Waals surface area contributed by atoms with Crippen molar-refractivity contribution >= 4 is 11.8 Å². The van der Waals surface area contributed by atoms with Crippen molar-refractivity contribution in [3.05, 3.63) is 18.0 Å². The summed E-state index contributed by atoms with van der Waals surface area (Å²) in [6.07, 6.45) is 4.70. The Morgan fingerprint density at radius 3 is 2.84 bits per heavy atom. The molecule has 0 aliphatic carbocycles. The zero-order valence-corrected chi connectivity index (χ0v) is 11.4. The first-order valence-electron chi connectivity index (χ1n) is 6.73. The van der Waals surface area contributed by atoms with Gasteiger partial charge in [-0.05, 0) is 13.3 Å². The van der Waals surface area contributed by atoms with E-state index in [0.29, 0.717) is 25.9 Å². The summed E-state index contributed by atoms with van der Waals surface area (Å²) < 4.78 is 1.83. The van der Waals surface area contributed by atoms with E-state index >= 15 is 0 Å². The lowest BCUT2D eigenvalue weighted by molar-refractivity contribution is -0.134. The SMILES string of the molecule is CCC1NC(=O)CCN(Cc2cnn(CC)c2)C1=O. The molecule has 104 valence electrons. The fourth-order valence-electron chi connectivity index (χ4n) is 2.21. The normalized spacial score (nSPS) is 20.3. The second-order valence-electron chi connectivity index (χ2n) is 4.74. The van der Waals surface area contributed by atoms with E-state index in [1.54, 1.807) is 11.1 Å². The van der Waals surface area contributed by atoms with Gasteiger partial charge in [0.1, 0.15) is 6.04 Å². The Bertz CT molecular complexity index is 469. The zero-order chi connectivity index (χ0) is 13.8. The maximum Gasteiger partial charge on any atom is 0.245 e. The molecule has 1 aromatic heterocycles. The van der Waals surface area contributed by atoms with E-state index in [-0.39, 0.29) is 11.8 Å². The van der Waals surface area contributed by atoms with Gasteiger partial charge in [0.2, 0.25) is 11.8 Å². The molecule has 2 amide bonds. The monoisotopic (exact) mass is 264 g/mol. The van der Waals surface area contributed by atoms with Crippen LogP contribution >= 0.6 is 0 Å². The summed E-state index contributed by atoms with van der Waals surface area (Å²) in [4.78, 5) is 25.6.